The van der Waals surface area contributed by atoms with E-state index in [9.17, 15) is 0 Å². The zero-order valence-electron chi connectivity index (χ0n) is 11.9. The molecule has 1 aromatic carbocycles. The third kappa shape index (κ3) is 5.85. The third-order valence-electron chi connectivity index (χ3n) is 3.09. The average Bonchev–Trinajstić information content (AvgIpc) is 2.31. The SMILES string of the molecule is CC(C)CNCC(C)N(C)Cc1ccc(Cl)cc1. The molecule has 1 atom stereocenters. The molecule has 1 unspecified atom stereocenters. The second-order valence-electron chi connectivity index (χ2n) is 5.44. The molecular weight excluding hydrogens is 244 g/mol. The number of likely N-dealkylation sites (N-methyl/N-ethyl adjacent to an activating group) is 1. The van der Waals surface area contributed by atoms with E-state index in [4.69, 9.17) is 11.6 Å². The number of halogens is 1. The number of hydrogen-bond acceptors (Lipinski definition) is 2. The zero-order chi connectivity index (χ0) is 13.5. The van der Waals surface area contributed by atoms with Gasteiger partial charge in [-0.2, -0.15) is 0 Å². The number of rotatable bonds is 7. The predicted octanol–water partition coefficient (Wildman–Crippen LogP) is 3.41. The van der Waals surface area contributed by atoms with Gasteiger partial charge in [0.1, 0.15) is 0 Å². The first-order chi connectivity index (χ1) is 8.49. The van der Waals surface area contributed by atoms with Gasteiger partial charge in [-0.1, -0.05) is 37.6 Å². The fraction of sp³-hybridized carbons (Fsp3) is 0.600. The van der Waals surface area contributed by atoms with Crippen LogP contribution in [-0.2, 0) is 6.54 Å². The van der Waals surface area contributed by atoms with Gasteiger partial charge in [0.25, 0.3) is 0 Å². The fourth-order valence-electron chi connectivity index (χ4n) is 1.77. The summed E-state index contributed by atoms with van der Waals surface area (Å²) in [6.07, 6.45) is 0. The van der Waals surface area contributed by atoms with E-state index in [0.29, 0.717) is 12.0 Å². The molecule has 102 valence electrons. The van der Waals surface area contributed by atoms with Crippen LogP contribution in [-0.4, -0.2) is 31.1 Å². The minimum Gasteiger partial charge on any atom is -0.315 e. The van der Waals surface area contributed by atoms with Gasteiger partial charge >= 0.3 is 0 Å². The van der Waals surface area contributed by atoms with Crippen molar-refractivity contribution in [2.45, 2.75) is 33.4 Å². The number of nitrogens with zero attached hydrogens (tertiary/aromatic N) is 1. The van der Waals surface area contributed by atoms with Gasteiger partial charge in [-0.3, -0.25) is 4.90 Å². The summed E-state index contributed by atoms with van der Waals surface area (Å²) in [5.41, 5.74) is 1.30. The van der Waals surface area contributed by atoms with Crippen molar-refractivity contribution in [3.05, 3.63) is 34.9 Å². The quantitative estimate of drug-likeness (QED) is 0.815. The van der Waals surface area contributed by atoms with Crippen molar-refractivity contribution >= 4 is 11.6 Å². The highest BCUT2D eigenvalue weighted by Crippen LogP contribution is 2.11. The molecule has 0 saturated carbocycles. The van der Waals surface area contributed by atoms with Crippen LogP contribution in [0.2, 0.25) is 5.02 Å². The lowest BCUT2D eigenvalue weighted by Gasteiger charge is -2.25. The highest BCUT2D eigenvalue weighted by molar-refractivity contribution is 6.30. The topological polar surface area (TPSA) is 15.3 Å². The maximum atomic E-state index is 5.89. The van der Waals surface area contributed by atoms with Crippen molar-refractivity contribution in [2.75, 3.05) is 20.1 Å². The van der Waals surface area contributed by atoms with Gasteiger partial charge in [0.15, 0.2) is 0 Å². The lowest BCUT2D eigenvalue weighted by Crippen LogP contribution is -2.38. The molecule has 3 heteroatoms. The van der Waals surface area contributed by atoms with Crippen LogP contribution in [0, 0.1) is 5.92 Å². The molecule has 0 fully saturated rings. The Morgan fingerprint density at radius 2 is 1.72 bits per heavy atom. The molecule has 0 spiro atoms. The number of benzene rings is 1. The van der Waals surface area contributed by atoms with Crippen LogP contribution in [0.1, 0.15) is 26.3 Å². The Kier molecular flexibility index (Phi) is 6.69. The fourth-order valence-corrected chi connectivity index (χ4v) is 1.90. The lowest BCUT2D eigenvalue weighted by molar-refractivity contribution is 0.241. The first-order valence-corrected chi connectivity index (χ1v) is 7.02. The standard InChI is InChI=1S/C15H25ClN2/c1-12(2)9-17-10-13(3)18(4)11-14-5-7-15(16)8-6-14/h5-8,12-13,17H,9-11H2,1-4H3. The molecular formula is C15H25ClN2. The summed E-state index contributed by atoms with van der Waals surface area (Å²) in [5, 5.41) is 4.30. The average molecular weight is 269 g/mol. The number of hydrogen-bond donors (Lipinski definition) is 1. The molecule has 0 bridgehead atoms. The van der Waals surface area contributed by atoms with E-state index in [1.54, 1.807) is 0 Å². The smallest absolute Gasteiger partial charge is 0.0406 e. The molecule has 1 N–H and O–H groups in total. The van der Waals surface area contributed by atoms with Crippen LogP contribution in [0.15, 0.2) is 24.3 Å². The Morgan fingerprint density at radius 3 is 2.28 bits per heavy atom. The Hall–Kier alpha value is -0.570. The van der Waals surface area contributed by atoms with Crippen molar-refractivity contribution < 1.29 is 0 Å². The van der Waals surface area contributed by atoms with Gasteiger partial charge in [-0.05, 0) is 44.1 Å². The van der Waals surface area contributed by atoms with Crippen LogP contribution in [0.25, 0.3) is 0 Å². The molecule has 1 rings (SSSR count). The van der Waals surface area contributed by atoms with Gasteiger partial charge in [-0.25, -0.2) is 0 Å². The maximum absolute atomic E-state index is 5.89. The summed E-state index contributed by atoms with van der Waals surface area (Å²) in [6.45, 7) is 9.79. The van der Waals surface area contributed by atoms with E-state index < -0.39 is 0 Å². The Morgan fingerprint density at radius 1 is 1.11 bits per heavy atom. The van der Waals surface area contributed by atoms with Crippen LogP contribution in [0.4, 0.5) is 0 Å². The minimum absolute atomic E-state index is 0.527. The molecule has 0 aliphatic rings. The molecule has 0 aliphatic carbocycles. The predicted molar refractivity (Wildman–Crippen MR) is 80.1 cm³/mol. The van der Waals surface area contributed by atoms with Gasteiger partial charge in [-0.15, -0.1) is 0 Å². The second kappa shape index (κ2) is 7.78. The lowest BCUT2D eigenvalue weighted by atomic mass is 10.2. The minimum atomic E-state index is 0.527. The van der Waals surface area contributed by atoms with Crippen molar-refractivity contribution in [3.63, 3.8) is 0 Å². The maximum Gasteiger partial charge on any atom is 0.0406 e. The van der Waals surface area contributed by atoms with Crippen LogP contribution in [0.5, 0.6) is 0 Å². The zero-order valence-corrected chi connectivity index (χ0v) is 12.7. The first-order valence-electron chi connectivity index (χ1n) is 6.64. The normalized spacial score (nSPS) is 13.3. The molecule has 0 aliphatic heterocycles. The molecule has 18 heavy (non-hydrogen) atoms. The summed E-state index contributed by atoms with van der Waals surface area (Å²) in [6, 6.07) is 8.61. The summed E-state index contributed by atoms with van der Waals surface area (Å²) in [4.78, 5) is 2.36. The van der Waals surface area contributed by atoms with Crippen molar-refractivity contribution in [1.82, 2.24) is 10.2 Å². The Balaban J connectivity index is 2.35. The highest BCUT2D eigenvalue weighted by Gasteiger charge is 2.09. The summed E-state index contributed by atoms with van der Waals surface area (Å²) in [7, 11) is 2.16. The van der Waals surface area contributed by atoms with Gasteiger partial charge in [0.05, 0.1) is 0 Å². The first kappa shape index (κ1) is 15.5. The second-order valence-corrected chi connectivity index (χ2v) is 5.88. The molecule has 0 saturated heterocycles. The summed E-state index contributed by atoms with van der Waals surface area (Å²) >= 11 is 5.89. The molecule has 0 radical (unpaired) electrons. The Bertz CT molecular complexity index is 335. The van der Waals surface area contributed by atoms with E-state index in [0.717, 1.165) is 24.7 Å². The summed E-state index contributed by atoms with van der Waals surface area (Å²) in [5.74, 6) is 0.707. The largest absolute Gasteiger partial charge is 0.315 e. The van der Waals surface area contributed by atoms with Crippen molar-refractivity contribution in [3.8, 4) is 0 Å². The van der Waals surface area contributed by atoms with Crippen molar-refractivity contribution in [1.29, 1.82) is 0 Å². The van der Waals surface area contributed by atoms with E-state index in [1.807, 2.05) is 12.1 Å². The van der Waals surface area contributed by atoms with E-state index in [2.05, 4.69) is 50.2 Å². The van der Waals surface area contributed by atoms with Crippen LogP contribution < -0.4 is 5.32 Å². The van der Waals surface area contributed by atoms with Crippen LogP contribution in [0.3, 0.4) is 0 Å². The van der Waals surface area contributed by atoms with Gasteiger partial charge < -0.3 is 5.32 Å². The molecule has 0 amide bonds. The van der Waals surface area contributed by atoms with Crippen LogP contribution >= 0.6 is 11.6 Å². The van der Waals surface area contributed by atoms with Gasteiger partial charge in [0, 0.05) is 24.2 Å². The molecule has 2 nitrogen and oxygen atoms in total. The number of nitrogens with one attached hydrogen (secondary N) is 1. The van der Waals surface area contributed by atoms with Gasteiger partial charge in [0.2, 0.25) is 0 Å². The van der Waals surface area contributed by atoms with E-state index >= 15 is 0 Å². The monoisotopic (exact) mass is 268 g/mol. The molecule has 1 aromatic rings. The van der Waals surface area contributed by atoms with Crippen molar-refractivity contribution in [2.24, 2.45) is 5.92 Å². The summed E-state index contributed by atoms with van der Waals surface area (Å²) < 4.78 is 0. The van der Waals surface area contributed by atoms with E-state index in [-0.39, 0.29) is 0 Å². The molecule has 0 heterocycles. The highest BCUT2D eigenvalue weighted by atomic mass is 35.5. The van der Waals surface area contributed by atoms with E-state index in [1.165, 1.54) is 5.56 Å². The third-order valence-corrected chi connectivity index (χ3v) is 3.34. The molecule has 0 aromatic heterocycles. The Labute approximate surface area is 116 Å².